The van der Waals surface area contributed by atoms with Gasteiger partial charge in [0.05, 0.1) is 5.75 Å². The average molecular weight is 398 g/mol. The number of rotatable bonds is 9. The van der Waals surface area contributed by atoms with Crippen LogP contribution in [0.1, 0.15) is 29.3 Å². The third-order valence-electron chi connectivity index (χ3n) is 4.07. The monoisotopic (exact) mass is 397 g/mol. The molecule has 8 nitrogen and oxygen atoms in total. The van der Waals surface area contributed by atoms with Crippen molar-refractivity contribution in [1.82, 2.24) is 19.8 Å². The van der Waals surface area contributed by atoms with Gasteiger partial charge in [0.15, 0.2) is 5.96 Å². The van der Waals surface area contributed by atoms with Crippen molar-refractivity contribution < 1.29 is 13.2 Å². The summed E-state index contributed by atoms with van der Waals surface area (Å²) in [5.74, 6) is 0.727. The second-order valence-corrected chi connectivity index (χ2v) is 8.69. The lowest BCUT2D eigenvalue weighted by Crippen LogP contribution is -2.38. The van der Waals surface area contributed by atoms with Crippen LogP contribution in [0.5, 0.6) is 0 Å². The summed E-state index contributed by atoms with van der Waals surface area (Å²) in [6, 6.07) is 7.42. The van der Waals surface area contributed by atoms with E-state index in [4.69, 9.17) is 0 Å². The van der Waals surface area contributed by atoms with E-state index in [0.717, 1.165) is 5.56 Å². The highest BCUT2D eigenvalue weighted by Crippen LogP contribution is 2.06. The van der Waals surface area contributed by atoms with Gasteiger partial charge in [0.2, 0.25) is 10.0 Å². The van der Waals surface area contributed by atoms with Gasteiger partial charge in [-0.25, -0.2) is 12.7 Å². The highest BCUT2D eigenvalue weighted by Gasteiger charge is 2.14. The van der Waals surface area contributed by atoms with Crippen molar-refractivity contribution in [2.24, 2.45) is 4.99 Å². The first-order valence-electron chi connectivity index (χ1n) is 8.90. The summed E-state index contributed by atoms with van der Waals surface area (Å²) in [5, 5.41) is 6.36. The molecule has 1 rings (SSSR count). The number of carbonyl (C=O) groups excluding carboxylic acids is 1. The molecule has 0 heterocycles. The number of carbonyl (C=O) groups is 1. The van der Waals surface area contributed by atoms with Crippen LogP contribution in [-0.2, 0) is 16.6 Å². The van der Waals surface area contributed by atoms with Crippen LogP contribution in [-0.4, -0.2) is 76.5 Å². The van der Waals surface area contributed by atoms with Gasteiger partial charge in [0.25, 0.3) is 5.91 Å². The van der Waals surface area contributed by atoms with Gasteiger partial charge in [-0.3, -0.25) is 9.79 Å². The van der Waals surface area contributed by atoms with Crippen molar-refractivity contribution in [3.63, 3.8) is 0 Å². The summed E-state index contributed by atoms with van der Waals surface area (Å²) in [5.41, 5.74) is 1.68. The third kappa shape index (κ3) is 7.56. The Hall–Kier alpha value is -2.13. The molecule has 0 unspecified atom stereocenters. The number of hydrogen-bond donors (Lipinski definition) is 2. The lowest BCUT2D eigenvalue weighted by atomic mass is 10.1. The maximum atomic E-state index is 11.9. The van der Waals surface area contributed by atoms with E-state index in [-0.39, 0.29) is 11.7 Å². The van der Waals surface area contributed by atoms with E-state index in [9.17, 15) is 13.2 Å². The topological polar surface area (TPSA) is 94.1 Å². The quantitative estimate of drug-likeness (QED) is 0.364. The van der Waals surface area contributed by atoms with Crippen molar-refractivity contribution in [2.45, 2.75) is 19.9 Å². The van der Waals surface area contributed by atoms with E-state index in [1.807, 2.05) is 12.1 Å². The van der Waals surface area contributed by atoms with E-state index < -0.39 is 10.0 Å². The molecule has 0 aromatic heterocycles. The second-order valence-electron chi connectivity index (χ2n) is 6.32. The third-order valence-corrected chi connectivity index (χ3v) is 5.93. The van der Waals surface area contributed by atoms with Gasteiger partial charge >= 0.3 is 0 Å². The van der Waals surface area contributed by atoms with E-state index in [1.54, 1.807) is 52.1 Å². The maximum Gasteiger partial charge on any atom is 0.253 e. The lowest BCUT2D eigenvalue weighted by Gasteiger charge is -2.17. The van der Waals surface area contributed by atoms with Gasteiger partial charge in [-0.2, -0.15) is 0 Å². The molecule has 0 aliphatic carbocycles. The molecule has 1 aromatic rings. The molecule has 27 heavy (non-hydrogen) atoms. The Kier molecular flexibility index (Phi) is 9.23. The van der Waals surface area contributed by atoms with Crippen LogP contribution in [0.25, 0.3) is 0 Å². The smallest absolute Gasteiger partial charge is 0.253 e. The van der Waals surface area contributed by atoms with Crippen molar-refractivity contribution >= 4 is 21.9 Å². The van der Waals surface area contributed by atoms with Crippen LogP contribution < -0.4 is 10.6 Å². The van der Waals surface area contributed by atoms with Crippen molar-refractivity contribution in [3.8, 4) is 0 Å². The van der Waals surface area contributed by atoms with Crippen molar-refractivity contribution in [3.05, 3.63) is 35.4 Å². The fourth-order valence-corrected chi connectivity index (χ4v) is 3.15. The predicted octanol–water partition coefficient (Wildman–Crippen LogP) is 0.725. The van der Waals surface area contributed by atoms with E-state index in [1.165, 1.54) is 4.31 Å². The molecular formula is C18H31N5O3S. The van der Waals surface area contributed by atoms with Gasteiger partial charge in [-0.1, -0.05) is 12.1 Å². The minimum Gasteiger partial charge on any atom is -0.356 e. The molecule has 0 saturated carbocycles. The summed E-state index contributed by atoms with van der Waals surface area (Å²) < 4.78 is 24.8. The van der Waals surface area contributed by atoms with Gasteiger partial charge in [0.1, 0.15) is 0 Å². The zero-order valence-electron chi connectivity index (χ0n) is 16.8. The largest absolute Gasteiger partial charge is 0.356 e. The van der Waals surface area contributed by atoms with Gasteiger partial charge in [-0.15, -0.1) is 0 Å². The van der Waals surface area contributed by atoms with E-state index in [0.29, 0.717) is 37.6 Å². The Morgan fingerprint density at radius 2 is 1.74 bits per heavy atom. The van der Waals surface area contributed by atoms with Crippen LogP contribution in [0.15, 0.2) is 29.3 Å². The first-order chi connectivity index (χ1) is 12.7. The van der Waals surface area contributed by atoms with Crippen molar-refractivity contribution in [1.29, 1.82) is 0 Å². The molecule has 0 radical (unpaired) electrons. The Labute approximate surface area is 162 Å². The SMILES string of the molecule is CCS(=O)(=O)N(C)CCCNC(=NC)NCc1ccc(C(=O)N(C)C)cc1. The first kappa shape index (κ1) is 22.9. The van der Waals surface area contributed by atoms with Crippen LogP contribution >= 0.6 is 0 Å². The second kappa shape index (κ2) is 10.9. The summed E-state index contributed by atoms with van der Waals surface area (Å²) >= 11 is 0. The van der Waals surface area contributed by atoms with E-state index in [2.05, 4.69) is 15.6 Å². The van der Waals surface area contributed by atoms with Crippen LogP contribution in [0, 0.1) is 0 Å². The molecule has 0 atom stereocenters. The van der Waals surface area contributed by atoms with Crippen LogP contribution in [0.3, 0.4) is 0 Å². The molecule has 2 N–H and O–H groups in total. The number of aliphatic imine (C=N–C) groups is 1. The Bertz CT molecular complexity index is 730. The number of nitrogens with one attached hydrogen (secondary N) is 2. The molecule has 0 aliphatic rings. The molecule has 1 aromatic carbocycles. The number of nitrogens with zero attached hydrogens (tertiary/aromatic N) is 3. The standard InChI is InChI=1S/C18H31N5O3S/c1-6-27(25,26)23(5)13-7-12-20-18(19-2)21-14-15-8-10-16(11-9-15)17(24)22(3)4/h8-11H,6-7,12-14H2,1-5H3,(H2,19,20,21). The minimum atomic E-state index is -3.13. The molecule has 0 bridgehead atoms. The Balaban J connectivity index is 2.41. The molecule has 9 heteroatoms. The number of sulfonamides is 1. The molecule has 152 valence electrons. The summed E-state index contributed by atoms with van der Waals surface area (Å²) in [6.45, 7) is 3.28. The lowest BCUT2D eigenvalue weighted by molar-refractivity contribution is 0.0827. The fourth-order valence-electron chi connectivity index (χ4n) is 2.30. The van der Waals surface area contributed by atoms with Crippen molar-refractivity contribution in [2.75, 3.05) is 47.0 Å². The highest BCUT2D eigenvalue weighted by atomic mass is 32.2. The molecule has 1 amide bonds. The average Bonchev–Trinajstić information content (AvgIpc) is 2.66. The molecule has 0 aliphatic heterocycles. The van der Waals surface area contributed by atoms with Gasteiger partial charge < -0.3 is 15.5 Å². The summed E-state index contributed by atoms with van der Waals surface area (Å²) in [4.78, 5) is 17.6. The number of benzene rings is 1. The van der Waals surface area contributed by atoms with Gasteiger partial charge in [0, 0.05) is 53.4 Å². The maximum absolute atomic E-state index is 11.9. The minimum absolute atomic E-state index is 0.0259. The first-order valence-corrected chi connectivity index (χ1v) is 10.5. The normalized spacial score (nSPS) is 12.1. The van der Waals surface area contributed by atoms with Crippen LogP contribution in [0.4, 0.5) is 0 Å². The molecule has 0 saturated heterocycles. The Morgan fingerprint density at radius 1 is 1.11 bits per heavy atom. The van der Waals surface area contributed by atoms with Crippen LogP contribution in [0.2, 0.25) is 0 Å². The molecular weight excluding hydrogens is 366 g/mol. The summed E-state index contributed by atoms with van der Waals surface area (Å²) in [6.07, 6.45) is 0.678. The predicted molar refractivity (Wildman–Crippen MR) is 109 cm³/mol. The van der Waals surface area contributed by atoms with Gasteiger partial charge in [-0.05, 0) is 31.0 Å². The fraction of sp³-hybridized carbons (Fsp3) is 0.556. The number of hydrogen-bond acceptors (Lipinski definition) is 4. The molecule has 0 fully saturated rings. The number of amides is 1. The zero-order valence-corrected chi connectivity index (χ0v) is 17.6. The zero-order chi connectivity index (χ0) is 20.4. The highest BCUT2D eigenvalue weighted by molar-refractivity contribution is 7.89. The molecule has 0 spiro atoms. The Morgan fingerprint density at radius 3 is 2.26 bits per heavy atom. The summed E-state index contributed by atoms with van der Waals surface area (Å²) in [7, 11) is 3.59. The number of guanidine groups is 1. The van der Waals surface area contributed by atoms with E-state index >= 15 is 0 Å².